The highest BCUT2D eigenvalue weighted by Gasteiger charge is 2.30. The number of anilines is 1. The van der Waals surface area contributed by atoms with Gasteiger partial charge in [0.05, 0.1) is 5.92 Å². The van der Waals surface area contributed by atoms with Crippen molar-refractivity contribution in [3.63, 3.8) is 0 Å². The molecule has 1 atom stereocenters. The van der Waals surface area contributed by atoms with Crippen molar-refractivity contribution in [2.24, 2.45) is 5.92 Å². The highest BCUT2D eigenvalue weighted by atomic mass is 16.4. The summed E-state index contributed by atoms with van der Waals surface area (Å²) in [6.07, 6.45) is 2.22. The van der Waals surface area contributed by atoms with Crippen LogP contribution in [0.15, 0.2) is 30.3 Å². The van der Waals surface area contributed by atoms with Crippen LogP contribution in [-0.4, -0.2) is 61.3 Å². The highest BCUT2D eigenvalue weighted by Crippen LogP contribution is 2.23. The largest absolute Gasteiger partial charge is 0.481 e. The summed E-state index contributed by atoms with van der Waals surface area (Å²) in [5.74, 6) is -0.962. The lowest BCUT2D eigenvalue weighted by Crippen LogP contribution is -2.47. The summed E-state index contributed by atoms with van der Waals surface area (Å²) >= 11 is 0. The third kappa shape index (κ3) is 3.59. The number of nitrogens with one attached hydrogen (secondary N) is 1. The van der Waals surface area contributed by atoms with Gasteiger partial charge in [0.15, 0.2) is 0 Å². The normalized spacial score (nSPS) is 24.9. The molecule has 2 saturated heterocycles. The number of carboxylic acids is 1. The molecule has 2 fully saturated rings. The number of hydrogen-bond acceptors (Lipinski definition) is 4. The molecule has 1 unspecified atom stereocenters. The fraction of sp³-hybridized carbons (Fsp3) is 0.588. The standard InChI is InChI=1S/C17H25N3O2/c21-17(22)14-12-18-8-11-20(13-14)16-6-9-19(10-7-16)15-4-2-1-3-5-15/h1-5,14,16,18H,6-13H2,(H,21,22). The highest BCUT2D eigenvalue weighted by molar-refractivity contribution is 5.70. The fourth-order valence-corrected chi connectivity index (χ4v) is 3.56. The lowest BCUT2D eigenvalue weighted by Gasteiger charge is -2.39. The molecule has 2 aliphatic rings. The summed E-state index contributed by atoms with van der Waals surface area (Å²) in [4.78, 5) is 16.1. The quantitative estimate of drug-likeness (QED) is 0.880. The van der Waals surface area contributed by atoms with Crippen molar-refractivity contribution in [3.8, 4) is 0 Å². The van der Waals surface area contributed by atoms with Gasteiger partial charge in [-0.25, -0.2) is 0 Å². The van der Waals surface area contributed by atoms with E-state index in [1.54, 1.807) is 0 Å². The zero-order chi connectivity index (χ0) is 15.4. The topological polar surface area (TPSA) is 55.8 Å². The van der Waals surface area contributed by atoms with Gasteiger partial charge in [0.2, 0.25) is 0 Å². The number of hydrogen-bond donors (Lipinski definition) is 2. The van der Waals surface area contributed by atoms with Crippen LogP contribution in [-0.2, 0) is 4.79 Å². The first-order chi connectivity index (χ1) is 10.7. The monoisotopic (exact) mass is 303 g/mol. The van der Waals surface area contributed by atoms with Gasteiger partial charge in [-0.3, -0.25) is 9.69 Å². The first kappa shape index (κ1) is 15.3. The summed E-state index contributed by atoms with van der Waals surface area (Å²) in [6, 6.07) is 11.1. The number of benzene rings is 1. The van der Waals surface area contributed by atoms with Gasteiger partial charge in [-0.2, -0.15) is 0 Å². The molecule has 0 spiro atoms. The average molecular weight is 303 g/mol. The Kier molecular flexibility index (Phi) is 4.95. The van der Waals surface area contributed by atoms with E-state index in [1.807, 2.05) is 6.07 Å². The molecule has 0 aromatic heterocycles. The maximum Gasteiger partial charge on any atom is 0.309 e. The van der Waals surface area contributed by atoms with Gasteiger partial charge >= 0.3 is 5.97 Å². The van der Waals surface area contributed by atoms with E-state index in [0.717, 1.165) is 39.0 Å². The predicted octanol–water partition coefficient (Wildman–Crippen LogP) is 1.26. The summed E-state index contributed by atoms with van der Waals surface area (Å²) < 4.78 is 0. The molecule has 5 heteroatoms. The molecule has 2 N–H and O–H groups in total. The minimum absolute atomic E-state index is 0.283. The molecule has 3 rings (SSSR count). The molecule has 5 nitrogen and oxygen atoms in total. The molecule has 22 heavy (non-hydrogen) atoms. The van der Waals surface area contributed by atoms with Crippen LogP contribution in [0, 0.1) is 5.92 Å². The third-order valence-electron chi connectivity index (χ3n) is 4.87. The van der Waals surface area contributed by atoms with E-state index in [-0.39, 0.29) is 5.92 Å². The van der Waals surface area contributed by atoms with Gasteiger partial charge in [-0.05, 0) is 25.0 Å². The van der Waals surface area contributed by atoms with Gasteiger partial charge in [0.25, 0.3) is 0 Å². The minimum atomic E-state index is -0.680. The second-order valence-electron chi connectivity index (χ2n) is 6.29. The maximum atomic E-state index is 11.3. The number of carbonyl (C=O) groups is 1. The molecule has 0 bridgehead atoms. The Hall–Kier alpha value is -1.59. The van der Waals surface area contributed by atoms with E-state index in [2.05, 4.69) is 39.4 Å². The van der Waals surface area contributed by atoms with Gasteiger partial charge in [-0.15, -0.1) is 0 Å². The van der Waals surface area contributed by atoms with Crippen molar-refractivity contribution >= 4 is 11.7 Å². The Labute approximate surface area is 131 Å². The van der Waals surface area contributed by atoms with Crippen LogP contribution in [0.25, 0.3) is 0 Å². The van der Waals surface area contributed by atoms with E-state index in [4.69, 9.17) is 0 Å². The van der Waals surface area contributed by atoms with E-state index >= 15 is 0 Å². The van der Waals surface area contributed by atoms with Crippen molar-refractivity contribution in [1.82, 2.24) is 10.2 Å². The zero-order valence-corrected chi connectivity index (χ0v) is 12.9. The van der Waals surface area contributed by atoms with E-state index in [0.29, 0.717) is 19.1 Å². The number of aliphatic carboxylic acids is 1. The van der Waals surface area contributed by atoms with Gasteiger partial charge in [0.1, 0.15) is 0 Å². The van der Waals surface area contributed by atoms with Crippen LogP contribution < -0.4 is 10.2 Å². The summed E-state index contributed by atoms with van der Waals surface area (Å²) in [5, 5.41) is 12.5. The average Bonchev–Trinajstić information content (AvgIpc) is 2.82. The number of piperidine rings is 1. The minimum Gasteiger partial charge on any atom is -0.481 e. The van der Waals surface area contributed by atoms with Crippen LogP contribution >= 0.6 is 0 Å². The Morgan fingerprint density at radius 1 is 1.14 bits per heavy atom. The second-order valence-corrected chi connectivity index (χ2v) is 6.29. The Balaban J connectivity index is 1.57. The molecule has 0 saturated carbocycles. The zero-order valence-electron chi connectivity index (χ0n) is 12.9. The van der Waals surface area contributed by atoms with Crippen LogP contribution in [0.4, 0.5) is 5.69 Å². The van der Waals surface area contributed by atoms with Crippen LogP contribution in [0.2, 0.25) is 0 Å². The Morgan fingerprint density at radius 2 is 1.86 bits per heavy atom. The lowest BCUT2D eigenvalue weighted by atomic mass is 10.0. The summed E-state index contributed by atoms with van der Waals surface area (Å²) in [6.45, 7) is 5.22. The van der Waals surface area contributed by atoms with Crippen molar-refractivity contribution in [2.45, 2.75) is 18.9 Å². The first-order valence-corrected chi connectivity index (χ1v) is 8.21. The predicted molar refractivity (Wildman–Crippen MR) is 87.2 cm³/mol. The van der Waals surface area contributed by atoms with Gasteiger partial charge in [0, 0.05) is 51.0 Å². The van der Waals surface area contributed by atoms with E-state index in [1.165, 1.54) is 5.69 Å². The molecule has 120 valence electrons. The van der Waals surface area contributed by atoms with Crippen LogP contribution in [0.1, 0.15) is 12.8 Å². The Morgan fingerprint density at radius 3 is 2.55 bits per heavy atom. The van der Waals surface area contributed by atoms with Crippen LogP contribution in [0.3, 0.4) is 0 Å². The summed E-state index contributed by atoms with van der Waals surface area (Å²) in [5.41, 5.74) is 1.29. The molecule has 2 heterocycles. The van der Waals surface area contributed by atoms with Gasteiger partial charge < -0.3 is 15.3 Å². The fourth-order valence-electron chi connectivity index (χ4n) is 3.56. The van der Waals surface area contributed by atoms with Crippen molar-refractivity contribution in [1.29, 1.82) is 0 Å². The molecule has 1 aromatic rings. The lowest BCUT2D eigenvalue weighted by molar-refractivity contribution is -0.142. The smallest absolute Gasteiger partial charge is 0.309 e. The van der Waals surface area contributed by atoms with Crippen molar-refractivity contribution in [2.75, 3.05) is 44.2 Å². The molecule has 1 aromatic carbocycles. The third-order valence-corrected chi connectivity index (χ3v) is 4.87. The molecule has 0 amide bonds. The Bertz CT molecular complexity index is 486. The molecular weight excluding hydrogens is 278 g/mol. The maximum absolute atomic E-state index is 11.3. The molecule has 0 radical (unpaired) electrons. The van der Waals surface area contributed by atoms with E-state index < -0.39 is 5.97 Å². The second kappa shape index (κ2) is 7.11. The number of para-hydroxylation sites is 1. The molecule has 2 aliphatic heterocycles. The molecular formula is C17H25N3O2. The van der Waals surface area contributed by atoms with Crippen LogP contribution in [0.5, 0.6) is 0 Å². The number of rotatable bonds is 3. The SMILES string of the molecule is O=C(O)C1CNCCN(C2CCN(c3ccccc3)CC2)C1. The molecule has 0 aliphatic carbocycles. The summed E-state index contributed by atoms with van der Waals surface area (Å²) in [7, 11) is 0. The number of carboxylic acid groups (broad SMARTS) is 1. The van der Waals surface area contributed by atoms with Gasteiger partial charge in [-0.1, -0.05) is 18.2 Å². The van der Waals surface area contributed by atoms with Crippen molar-refractivity contribution < 1.29 is 9.90 Å². The first-order valence-electron chi connectivity index (χ1n) is 8.21. The van der Waals surface area contributed by atoms with E-state index in [9.17, 15) is 9.90 Å². The van der Waals surface area contributed by atoms with Crippen molar-refractivity contribution in [3.05, 3.63) is 30.3 Å². The number of nitrogens with zero attached hydrogens (tertiary/aromatic N) is 2.